The molecule has 8 nitrogen and oxygen atoms in total. The number of benzene rings is 1. The van der Waals surface area contributed by atoms with Crippen molar-refractivity contribution in [3.8, 4) is 5.75 Å². The summed E-state index contributed by atoms with van der Waals surface area (Å²) < 4.78 is 95.1. The molecule has 0 heterocycles. The molecule has 2 atom stereocenters. The van der Waals surface area contributed by atoms with Crippen molar-refractivity contribution in [2.75, 3.05) is 13.2 Å². The average molecular weight is 462 g/mol. The van der Waals surface area contributed by atoms with Crippen molar-refractivity contribution in [1.29, 1.82) is 0 Å². The Bertz CT molecular complexity index is 797. The Hall–Kier alpha value is -2.24. The Morgan fingerprint density at radius 3 is 1.47 bits per heavy atom. The number of carbonyl (C=O) groups is 2. The van der Waals surface area contributed by atoms with Crippen LogP contribution in [-0.2, 0) is 23.6 Å². The van der Waals surface area contributed by atoms with Crippen molar-refractivity contribution in [3.63, 3.8) is 0 Å². The average Bonchev–Trinajstić information content (AvgIpc) is 2.68. The normalized spacial score (nSPS) is 13.5. The molecular weight excluding hydrogens is 442 g/mol. The molecule has 0 aliphatic carbocycles. The van der Waals surface area contributed by atoms with Crippen LogP contribution in [0.2, 0.25) is 0 Å². The lowest BCUT2D eigenvalue weighted by Crippen LogP contribution is -2.43. The second-order valence-electron chi connectivity index (χ2n) is 5.75. The van der Waals surface area contributed by atoms with Crippen LogP contribution in [0.1, 0.15) is 27.7 Å². The van der Waals surface area contributed by atoms with Crippen molar-refractivity contribution < 1.29 is 50.1 Å². The van der Waals surface area contributed by atoms with E-state index >= 15 is 0 Å². The fraction of sp³-hybridized carbons (Fsp3) is 0.500. The molecule has 0 aliphatic rings. The monoisotopic (exact) mass is 462 g/mol. The molecule has 0 aliphatic heterocycles. The third kappa shape index (κ3) is 6.13. The minimum atomic E-state index is -4.85. The zero-order valence-corrected chi connectivity index (χ0v) is 17.2. The summed E-state index contributed by atoms with van der Waals surface area (Å²) in [7, 11) is -4.85. The zero-order valence-electron chi connectivity index (χ0n) is 16.4. The van der Waals surface area contributed by atoms with Crippen molar-refractivity contribution in [3.05, 3.63) is 29.1 Å². The molecule has 14 heteroatoms. The Morgan fingerprint density at radius 2 is 1.13 bits per heavy atom. The van der Waals surface area contributed by atoms with E-state index in [-0.39, 0.29) is 13.2 Å². The van der Waals surface area contributed by atoms with Gasteiger partial charge in [0, 0.05) is 0 Å². The van der Waals surface area contributed by atoms with Gasteiger partial charge >= 0.3 is 19.6 Å². The second kappa shape index (κ2) is 10.7. The van der Waals surface area contributed by atoms with Gasteiger partial charge in [0.2, 0.25) is 34.8 Å². The lowest BCUT2D eigenvalue weighted by Gasteiger charge is -2.26. The van der Waals surface area contributed by atoms with Crippen LogP contribution in [0.3, 0.4) is 0 Å². The molecule has 0 fully saturated rings. The minimum absolute atomic E-state index is 0.0691. The third-order valence-corrected chi connectivity index (χ3v) is 5.29. The van der Waals surface area contributed by atoms with Crippen LogP contribution in [0.15, 0.2) is 0 Å². The van der Waals surface area contributed by atoms with Crippen LogP contribution in [0.5, 0.6) is 5.75 Å². The molecule has 0 amide bonds. The van der Waals surface area contributed by atoms with Crippen molar-refractivity contribution in [2.45, 2.75) is 39.8 Å². The van der Waals surface area contributed by atoms with Crippen molar-refractivity contribution >= 4 is 19.6 Å². The summed E-state index contributed by atoms with van der Waals surface area (Å²) in [5.74, 6) is -15.7. The number of carbonyl (C=O) groups excluding carboxylic acids is 2. The van der Waals surface area contributed by atoms with Gasteiger partial charge in [0.05, 0.1) is 13.2 Å². The highest BCUT2D eigenvalue weighted by atomic mass is 31.2. The smallest absolute Gasteiger partial charge is 0.392 e. The second-order valence-corrected chi connectivity index (χ2v) is 7.55. The van der Waals surface area contributed by atoms with Crippen LogP contribution in [-0.4, -0.2) is 37.2 Å². The van der Waals surface area contributed by atoms with Gasteiger partial charge in [-0.2, -0.15) is 8.78 Å². The summed E-state index contributed by atoms with van der Waals surface area (Å²) in [4.78, 5) is 23.6. The van der Waals surface area contributed by atoms with Gasteiger partial charge in [-0.3, -0.25) is 9.59 Å². The van der Waals surface area contributed by atoms with Crippen LogP contribution in [0.4, 0.5) is 22.0 Å². The molecule has 170 valence electrons. The topological polar surface area (TPSA) is 103 Å². The van der Waals surface area contributed by atoms with Crippen molar-refractivity contribution in [1.82, 2.24) is 10.2 Å². The maximum absolute atomic E-state index is 14.0. The summed E-state index contributed by atoms with van der Waals surface area (Å²) in [5, 5.41) is 4.06. The number of rotatable bonds is 10. The number of hydrogen-bond donors (Lipinski definition) is 2. The Labute approximate surface area is 168 Å². The predicted octanol–water partition coefficient (Wildman–Crippen LogP) is 2.95. The number of nitrogens with one attached hydrogen (secondary N) is 2. The van der Waals surface area contributed by atoms with E-state index in [9.17, 15) is 36.1 Å². The maximum Gasteiger partial charge on any atom is 0.392 e. The Kier molecular flexibility index (Phi) is 9.19. The fourth-order valence-corrected chi connectivity index (χ4v) is 3.86. The van der Waals surface area contributed by atoms with Gasteiger partial charge < -0.3 is 14.0 Å². The SMILES string of the molecule is CCOC(=O)[C@H](C)NP(=O)(N[C@@H](C)C(=O)OCC)Oc1c(F)c(F)c(F)c(F)c1F. The molecule has 0 radical (unpaired) electrons. The zero-order chi connectivity index (χ0) is 23.2. The third-order valence-electron chi connectivity index (χ3n) is 3.40. The first-order valence-corrected chi connectivity index (χ1v) is 10.2. The van der Waals surface area contributed by atoms with Crippen molar-refractivity contribution in [2.24, 2.45) is 0 Å². The number of esters is 2. The van der Waals surface area contributed by atoms with Gasteiger partial charge in [-0.05, 0) is 27.7 Å². The molecule has 30 heavy (non-hydrogen) atoms. The van der Waals surface area contributed by atoms with E-state index in [1.807, 2.05) is 10.2 Å². The maximum atomic E-state index is 14.0. The Balaban J connectivity index is 3.36. The molecule has 1 aromatic carbocycles. The van der Waals surface area contributed by atoms with E-state index in [1.54, 1.807) is 0 Å². The van der Waals surface area contributed by atoms with Gasteiger partial charge in [-0.15, -0.1) is 0 Å². The van der Waals surface area contributed by atoms with Crippen LogP contribution >= 0.6 is 7.67 Å². The lowest BCUT2D eigenvalue weighted by atomic mass is 10.3. The summed E-state index contributed by atoms with van der Waals surface area (Å²) in [6.45, 7) is 5.06. The number of ether oxygens (including phenoxy) is 2. The van der Waals surface area contributed by atoms with E-state index in [1.165, 1.54) is 13.8 Å². The van der Waals surface area contributed by atoms with Gasteiger partial charge in [0.15, 0.2) is 0 Å². The van der Waals surface area contributed by atoms with Gasteiger partial charge in [-0.25, -0.2) is 27.9 Å². The molecule has 0 aromatic heterocycles. The number of halogens is 5. The quantitative estimate of drug-likeness (QED) is 0.180. The molecular formula is C16H20F5N2O6P. The minimum Gasteiger partial charge on any atom is -0.465 e. The predicted molar refractivity (Wildman–Crippen MR) is 92.9 cm³/mol. The summed E-state index contributed by atoms with van der Waals surface area (Å²) >= 11 is 0. The van der Waals surface area contributed by atoms with Crippen LogP contribution in [0.25, 0.3) is 0 Å². The molecule has 1 aromatic rings. The van der Waals surface area contributed by atoms with Gasteiger partial charge in [0.25, 0.3) is 0 Å². The van der Waals surface area contributed by atoms with E-state index in [0.717, 1.165) is 13.8 Å². The molecule has 0 saturated heterocycles. The van der Waals surface area contributed by atoms with E-state index in [0.29, 0.717) is 0 Å². The summed E-state index contributed by atoms with van der Waals surface area (Å²) in [5.41, 5.74) is 0. The largest absolute Gasteiger partial charge is 0.465 e. The van der Waals surface area contributed by atoms with Crippen LogP contribution < -0.4 is 14.7 Å². The Morgan fingerprint density at radius 1 is 0.800 bits per heavy atom. The highest BCUT2D eigenvalue weighted by Crippen LogP contribution is 2.43. The standard InChI is InChI=1S/C16H20F5N2O6P/c1-5-27-15(24)7(3)22-30(26,23-8(4)16(25)28-6-2)29-14-12(20)10(18)9(17)11(19)13(14)21/h7-8H,5-6H2,1-4H3,(H2,22,23,26)/t7-,8-/m0/s1. The van der Waals surface area contributed by atoms with E-state index in [2.05, 4.69) is 14.0 Å². The molecule has 2 N–H and O–H groups in total. The number of hydrogen-bond acceptors (Lipinski definition) is 6. The molecule has 0 bridgehead atoms. The van der Waals surface area contributed by atoms with E-state index in [4.69, 9.17) is 0 Å². The van der Waals surface area contributed by atoms with Gasteiger partial charge in [0.1, 0.15) is 12.1 Å². The van der Waals surface area contributed by atoms with Gasteiger partial charge in [-0.1, -0.05) is 0 Å². The van der Waals surface area contributed by atoms with E-state index < -0.39 is 66.5 Å². The highest BCUT2D eigenvalue weighted by molar-refractivity contribution is 7.55. The first-order valence-electron chi connectivity index (χ1n) is 8.58. The fourth-order valence-electron chi connectivity index (χ4n) is 2.03. The highest BCUT2D eigenvalue weighted by Gasteiger charge is 2.38. The summed E-state index contributed by atoms with van der Waals surface area (Å²) in [6.07, 6.45) is 0. The lowest BCUT2D eigenvalue weighted by molar-refractivity contribution is -0.145. The molecule has 0 saturated carbocycles. The molecule has 0 unspecified atom stereocenters. The first kappa shape index (κ1) is 25.8. The first-order chi connectivity index (χ1) is 13.9. The summed E-state index contributed by atoms with van der Waals surface area (Å²) in [6, 6.07) is -2.86. The van der Waals surface area contributed by atoms with Crippen LogP contribution in [0, 0.1) is 29.1 Å². The molecule has 0 spiro atoms. The molecule has 1 rings (SSSR count).